The zero-order chi connectivity index (χ0) is 13.2. The van der Waals surface area contributed by atoms with Gasteiger partial charge in [-0.3, -0.25) is 0 Å². The Morgan fingerprint density at radius 2 is 2.17 bits per heavy atom. The van der Waals surface area contributed by atoms with Crippen molar-refractivity contribution in [3.8, 4) is 0 Å². The number of hydrogen-bond donors (Lipinski definition) is 1. The van der Waals surface area contributed by atoms with Gasteiger partial charge in [-0.1, -0.05) is 19.0 Å². The lowest BCUT2D eigenvalue weighted by molar-refractivity contribution is 0.373. The first-order valence-corrected chi connectivity index (χ1v) is 7.91. The van der Waals surface area contributed by atoms with E-state index in [2.05, 4.69) is 14.9 Å². The fourth-order valence-corrected chi connectivity index (χ4v) is 3.10. The van der Waals surface area contributed by atoms with Gasteiger partial charge in [-0.15, -0.1) is 0 Å². The molecule has 0 aliphatic heterocycles. The quantitative estimate of drug-likeness (QED) is 0.803. The highest BCUT2D eigenvalue weighted by atomic mass is 32.2. The number of nitrogens with one attached hydrogen (secondary N) is 1. The Bertz CT molecular complexity index is 491. The Labute approximate surface area is 107 Å². The minimum Gasteiger partial charge on any atom is -0.339 e. The van der Waals surface area contributed by atoms with E-state index >= 15 is 0 Å². The molecule has 0 radical (unpaired) electrons. The van der Waals surface area contributed by atoms with Crippen molar-refractivity contribution in [2.45, 2.75) is 39.0 Å². The number of sulfonamides is 1. The van der Waals surface area contributed by atoms with Crippen molar-refractivity contribution in [1.29, 1.82) is 0 Å². The monoisotopic (exact) mass is 273 g/mol. The summed E-state index contributed by atoms with van der Waals surface area (Å²) in [5, 5.41) is 3.88. The van der Waals surface area contributed by atoms with Crippen LogP contribution in [0.5, 0.6) is 0 Å². The number of aromatic nitrogens is 2. The summed E-state index contributed by atoms with van der Waals surface area (Å²) in [7, 11) is -3.19. The highest BCUT2D eigenvalue weighted by Gasteiger charge is 2.28. The molecule has 102 valence electrons. The van der Waals surface area contributed by atoms with Gasteiger partial charge in [0.1, 0.15) is 0 Å². The smallest absolute Gasteiger partial charge is 0.227 e. The van der Waals surface area contributed by atoms with Crippen molar-refractivity contribution < 1.29 is 12.9 Å². The summed E-state index contributed by atoms with van der Waals surface area (Å²) in [5.74, 6) is 1.98. The zero-order valence-corrected chi connectivity index (χ0v) is 11.5. The molecule has 0 amide bonds. The maximum Gasteiger partial charge on any atom is 0.227 e. The van der Waals surface area contributed by atoms with Crippen LogP contribution in [0.3, 0.4) is 0 Å². The average Bonchev–Trinajstić information content (AvgIpc) is 2.98. The van der Waals surface area contributed by atoms with Crippen molar-refractivity contribution >= 4 is 10.0 Å². The SMILES string of the molecule is CC(C)CS(=O)(=O)NCCc1nc(C2CC2)no1. The second-order valence-corrected chi connectivity index (χ2v) is 6.99. The van der Waals surface area contributed by atoms with Crippen molar-refractivity contribution in [3.05, 3.63) is 11.7 Å². The first-order valence-electron chi connectivity index (χ1n) is 6.26. The van der Waals surface area contributed by atoms with E-state index in [-0.39, 0.29) is 11.7 Å². The first kappa shape index (κ1) is 13.5. The predicted octanol–water partition coefficient (Wildman–Crippen LogP) is 1.06. The van der Waals surface area contributed by atoms with Crippen LogP contribution in [0.4, 0.5) is 0 Å². The normalized spacial score (nSPS) is 16.4. The average molecular weight is 273 g/mol. The maximum atomic E-state index is 11.6. The number of rotatable bonds is 7. The largest absolute Gasteiger partial charge is 0.339 e. The van der Waals surface area contributed by atoms with E-state index in [0.717, 1.165) is 18.7 Å². The van der Waals surface area contributed by atoms with Crippen LogP contribution in [0.2, 0.25) is 0 Å². The summed E-state index contributed by atoms with van der Waals surface area (Å²) < 4.78 is 30.8. The molecule has 1 aliphatic rings. The number of hydrogen-bond acceptors (Lipinski definition) is 5. The highest BCUT2D eigenvalue weighted by Crippen LogP contribution is 2.38. The van der Waals surface area contributed by atoms with E-state index in [4.69, 9.17) is 4.52 Å². The van der Waals surface area contributed by atoms with E-state index in [1.807, 2.05) is 13.8 Å². The van der Waals surface area contributed by atoms with E-state index in [9.17, 15) is 8.42 Å². The Morgan fingerprint density at radius 1 is 1.44 bits per heavy atom. The third-order valence-corrected chi connectivity index (χ3v) is 4.39. The topological polar surface area (TPSA) is 85.1 Å². The Hall–Kier alpha value is -0.950. The molecule has 0 bridgehead atoms. The van der Waals surface area contributed by atoms with Gasteiger partial charge in [0, 0.05) is 18.9 Å². The first-order chi connectivity index (χ1) is 8.46. The minimum absolute atomic E-state index is 0.118. The van der Waals surface area contributed by atoms with Gasteiger partial charge in [0.2, 0.25) is 15.9 Å². The predicted molar refractivity (Wildman–Crippen MR) is 66.6 cm³/mol. The van der Waals surface area contributed by atoms with Crippen LogP contribution in [0.25, 0.3) is 0 Å². The second kappa shape index (κ2) is 5.36. The van der Waals surface area contributed by atoms with Gasteiger partial charge in [-0.05, 0) is 18.8 Å². The van der Waals surface area contributed by atoms with Crippen LogP contribution in [-0.2, 0) is 16.4 Å². The lowest BCUT2D eigenvalue weighted by Gasteiger charge is -2.07. The summed E-state index contributed by atoms with van der Waals surface area (Å²) in [5.41, 5.74) is 0. The van der Waals surface area contributed by atoms with Crippen molar-refractivity contribution in [3.63, 3.8) is 0 Å². The molecule has 18 heavy (non-hydrogen) atoms. The van der Waals surface area contributed by atoms with Crippen LogP contribution in [0.1, 0.15) is 44.3 Å². The Kier molecular flexibility index (Phi) is 4.01. The van der Waals surface area contributed by atoms with Crippen LogP contribution in [-0.4, -0.2) is 30.9 Å². The molecule has 2 rings (SSSR count). The molecule has 0 aromatic carbocycles. The molecule has 7 heteroatoms. The third kappa shape index (κ3) is 4.06. The van der Waals surface area contributed by atoms with Gasteiger partial charge in [0.25, 0.3) is 0 Å². The fourth-order valence-electron chi connectivity index (χ4n) is 1.69. The van der Waals surface area contributed by atoms with E-state index in [0.29, 0.717) is 24.8 Å². The van der Waals surface area contributed by atoms with Crippen LogP contribution < -0.4 is 4.72 Å². The number of nitrogens with zero attached hydrogens (tertiary/aromatic N) is 2. The van der Waals surface area contributed by atoms with Gasteiger partial charge in [0.05, 0.1) is 5.75 Å². The third-order valence-electron chi connectivity index (χ3n) is 2.64. The summed E-state index contributed by atoms with van der Waals surface area (Å²) in [4.78, 5) is 4.24. The minimum atomic E-state index is -3.19. The Balaban J connectivity index is 1.77. The molecule has 1 aromatic heterocycles. The van der Waals surface area contributed by atoms with Crippen molar-refractivity contribution in [2.75, 3.05) is 12.3 Å². The molecule has 1 N–H and O–H groups in total. The van der Waals surface area contributed by atoms with E-state index < -0.39 is 10.0 Å². The molecular formula is C11H19N3O3S. The molecule has 1 aliphatic carbocycles. The van der Waals surface area contributed by atoms with Gasteiger partial charge in [-0.2, -0.15) is 4.98 Å². The maximum absolute atomic E-state index is 11.6. The highest BCUT2D eigenvalue weighted by molar-refractivity contribution is 7.89. The molecule has 6 nitrogen and oxygen atoms in total. The molecule has 1 saturated carbocycles. The summed E-state index contributed by atoms with van der Waals surface area (Å²) >= 11 is 0. The molecule has 1 aromatic rings. The van der Waals surface area contributed by atoms with Gasteiger partial charge >= 0.3 is 0 Å². The molecule has 0 spiro atoms. The van der Waals surface area contributed by atoms with Crippen molar-refractivity contribution in [2.24, 2.45) is 5.92 Å². The zero-order valence-electron chi connectivity index (χ0n) is 10.7. The molecule has 0 unspecified atom stereocenters. The van der Waals surface area contributed by atoms with E-state index in [1.54, 1.807) is 0 Å². The summed E-state index contributed by atoms with van der Waals surface area (Å²) in [6.45, 7) is 4.06. The molecule has 1 heterocycles. The lowest BCUT2D eigenvalue weighted by Crippen LogP contribution is -2.30. The lowest BCUT2D eigenvalue weighted by atomic mass is 10.3. The van der Waals surface area contributed by atoms with Gasteiger partial charge in [-0.25, -0.2) is 13.1 Å². The van der Waals surface area contributed by atoms with Crippen molar-refractivity contribution in [1.82, 2.24) is 14.9 Å². The van der Waals surface area contributed by atoms with Gasteiger partial charge < -0.3 is 4.52 Å². The van der Waals surface area contributed by atoms with Crippen LogP contribution in [0.15, 0.2) is 4.52 Å². The molecule has 0 saturated heterocycles. The summed E-state index contributed by atoms with van der Waals surface area (Å²) in [6.07, 6.45) is 2.69. The van der Waals surface area contributed by atoms with Crippen LogP contribution in [0, 0.1) is 5.92 Å². The standard InChI is InChI=1S/C11H19N3O3S/c1-8(2)7-18(15,16)12-6-5-10-13-11(14-17-10)9-3-4-9/h8-9,12H,3-7H2,1-2H3. The summed E-state index contributed by atoms with van der Waals surface area (Å²) in [6, 6.07) is 0. The second-order valence-electron chi connectivity index (χ2n) is 5.14. The van der Waals surface area contributed by atoms with E-state index in [1.165, 1.54) is 0 Å². The molecule has 0 atom stereocenters. The Morgan fingerprint density at radius 3 is 2.78 bits per heavy atom. The van der Waals surface area contributed by atoms with Gasteiger partial charge in [0.15, 0.2) is 5.82 Å². The fraction of sp³-hybridized carbons (Fsp3) is 0.818. The molecular weight excluding hydrogens is 254 g/mol. The molecule has 1 fully saturated rings. The van der Waals surface area contributed by atoms with Crippen LogP contribution >= 0.6 is 0 Å².